The highest BCUT2D eigenvalue weighted by molar-refractivity contribution is 9.09. The number of hydrogen-bond donors (Lipinski definition) is 0. The van der Waals surface area contributed by atoms with Crippen LogP contribution in [0.2, 0.25) is 0 Å². The van der Waals surface area contributed by atoms with Crippen LogP contribution in [0.4, 0.5) is 0 Å². The molecule has 0 unspecified atom stereocenters. The van der Waals surface area contributed by atoms with Crippen LogP contribution in [0.15, 0.2) is 36.9 Å². The standard InChI is InChI=1S/C22H29BrO4/c1-2-16-26-19-11-9-18(10-12-19)22(25)27-20-13-7-17(8-14-20)21(24)6-4-3-5-15-23/h2,9-12,17,20H,1,3-8,13-16H2/t17-,20-. The number of carbonyl (C=O) groups excluding carboxylic acids is 2. The first kappa shape index (κ1) is 21.7. The number of benzene rings is 1. The minimum atomic E-state index is -0.310. The third-order valence-electron chi connectivity index (χ3n) is 4.92. The third kappa shape index (κ3) is 7.49. The Balaban J connectivity index is 1.72. The molecule has 0 bridgehead atoms. The highest BCUT2D eigenvalue weighted by Gasteiger charge is 2.28. The normalized spacial score (nSPS) is 19.3. The van der Waals surface area contributed by atoms with E-state index in [0.717, 1.165) is 50.3 Å². The maximum absolute atomic E-state index is 12.3. The molecule has 148 valence electrons. The summed E-state index contributed by atoms with van der Waals surface area (Å²) in [6, 6.07) is 6.93. The fraction of sp³-hybridized carbons (Fsp3) is 0.545. The van der Waals surface area contributed by atoms with Crippen LogP contribution < -0.4 is 4.74 Å². The molecule has 0 N–H and O–H groups in total. The molecule has 0 atom stereocenters. The van der Waals surface area contributed by atoms with Gasteiger partial charge in [0.15, 0.2) is 0 Å². The van der Waals surface area contributed by atoms with Gasteiger partial charge < -0.3 is 9.47 Å². The molecular formula is C22H29BrO4. The van der Waals surface area contributed by atoms with Gasteiger partial charge in [0.25, 0.3) is 0 Å². The lowest BCUT2D eigenvalue weighted by atomic mass is 9.83. The number of alkyl halides is 1. The van der Waals surface area contributed by atoms with Crippen molar-refractivity contribution in [1.29, 1.82) is 0 Å². The zero-order valence-corrected chi connectivity index (χ0v) is 17.4. The zero-order valence-electron chi connectivity index (χ0n) is 15.8. The van der Waals surface area contributed by atoms with E-state index in [-0.39, 0.29) is 18.0 Å². The van der Waals surface area contributed by atoms with E-state index in [4.69, 9.17) is 9.47 Å². The van der Waals surface area contributed by atoms with Gasteiger partial charge in [-0.3, -0.25) is 4.79 Å². The molecule has 5 heteroatoms. The highest BCUT2D eigenvalue weighted by atomic mass is 79.9. The van der Waals surface area contributed by atoms with Crippen molar-refractivity contribution in [3.63, 3.8) is 0 Å². The molecule has 27 heavy (non-hydrogen) atoms. The Kier molecular flexibility index (Phi) is 9.60. The number of halogens is 1. The molecule has 1 aromatic rings. The summed E-state index contributed by atoms with van der Waals surface area (Å²) >= 11 is 3.41. The monoisotopic (exact) mass is 436 g/mol. The summed E-state index contributed by atoms with van der Waals surface area (Å²) in [6.45, 7) is 4.04. The second-order valence-corrected chi connectivity index (χ2v) is 7.76. The van der Waals surface area contributed by atoms with E-state index >= 15 is 0 Å². The number of ketones is 1. The van der Waals surface area contributed by atoms with Gasteiger partial charge in [-0.15, -0.1) is 0 Å². The first-order valence-electron chi connectivity index (χ1n) is 9.77. The number of hydrogen-bond acceptors (Lipinski definition) is 4. The van der Waals surface area contributed by atoms with Crippen LogP contribution in [0.1, 0.15) is 61.7 Å². The topological polar surface area (TPSA) is 52.6 Å². The Morgan fingerprint density at radius 3 is 2.41 bits per heavy atom. The second kappa shape index (κ2) is 12.0. The summed E-state index contributed by atoms with van der Waals surface area (Å²) in [5, 5.41) is 1.00. The molecule has 0 amide bonds. The fourth-order valence-electron chi connectivity index (χ4n) is 3.34. The van der Waals surface area contributed by atoms with Gasteiger partial charge in [-0.1, -0.05) is 35.0 Å². The van der Waals surface area contributed by atoms with Crippen LogP contribution in [0.3, 0.4) is 0 Å². The van der Waals surface area contributed by atoms with Gasteiger partial charge in [-0.25, -0.2) is 4.79 Å². The van der Waals surface area contributed by atoms with Crippen LogP contribution in [0.5, 0.6) is 5.75 Å². The lowest BCUT2D eigenvalue weighted by molar-refractivity contribution is -0.124. The van der Waals surface area contributed by atoms with Gasteiger partial charge in [-0.05, 0) is 62.8 Å². The maximum atomic E-state index is 12.3. The molecule has 1 aromatic carbocycles. The van der Waals surface area contributed by atoms with E-state index in [0.29, 0.717) is 30.1 Å². The minimum absolute atomic E-state index is 0.0911. The van der Waals surface area contributed by atoms with Crippen molar-refractivity contribution in [2.75, 3.05) is 11.9 Å². The summed E-state index contributed by atoms with van der Waals surface area (Å²) in [5.74, 6) is 0.908. The van der Waals surface area contributed by atoms with Crippen LogP contribution in [0.25, 0.3) is 0 Å². The predicted octanol–water partition coefficient (Wildman–Crippen LogP) is 5.49. The van der Waals surface area contributed by atoms with E-state index in [1.807, 2.05) is 0 Å². The van der Waals surface area contributed by atoms with Gasteiger partial charge in [-0.2, -0.15) is 0 Å². The molecule has 1 fully saturated rings. The summed E-state index contributed by atoms with van der Waals surface area (Å²) < 4.78 is 11.0. The Hall–Kier alpha value is -1.62. The summed E-state index contributed by atoms with van der Waals surface area (Å²) in [4.78, 5) is 24.6. The molecule has 0 aliphatic heterocycles. The van der Waals surface area contributed by atoms with E-state index in [1.54, 1.807) is 30.3 Å². The molecule has 0 heterocycles. The van der Waals surface area contributed by atoms with Crippen molar-refractivity contribution in [2.24, 2.45) is 5.92 Å². The average molecular weight is 437 g/mol. The Bertz CT molecular complexity index is 603. The number of unbranched alkanes of at least 4 members (excludes halogenated alkanes) is 2. The van der Waals surface area contributed by atoms with E-state index in [2.05, 4.69) is 22.5 Å². The molecule has 0 saturated heterocycles. The van der Waals surface area contributed by atoms with Crippen molar-refractivity contribution < 1.29 is 19.1 Å². The van der Waals surface area contributed by atoms with Crippen LogP contribution in [0, 0.1) is 5.92 Å². The molecule has 1 saturated carbocycles. The number of ether oxygens (including phenoxy) is 2. The molecule has 0 spiro atoms. The van der Waals surface area contributed by atoms with Crippen molar-refractivity contribution >= 4 is 27.7 Å². The molecule has 1 aliphatic rings. The summed E-state index contributed by atoms with van der Waals surface area (Å²) in [7, 11) is 0. The fourth-order valence-corrected chi connectivity index (χ4v) is 3.74. The Morgan fingerprint density at radius 2 is 1.78 bits per heavy atom. The number of Topliss-reactive ketones (excluding diaryl/α,β-unsaturated/α-hetero) is 1. The van der Waals surface area contributed by atoms with Crippen LogP contribution >= 0.6 is 15.9 Å². The van der Waals surface area contributed by atoms with Gasteiger partial charge in [0, 0.05) is 17.7 Å². The highest BCUT2D eigenvalue weighted by Crippen LogP contribution is 2.29. The molecular weight excluding hydrogens is 408 g/mol. The Labute approximate surface area is 170 Å². The molecule has 0 aromatic heterocycles. The van der Waals surface area contributed by atoms with E-state index < -0.39 is 0 Å². The molecule has 2 rings (SSSR count). The van der Waals surface area contributed by atoms with Crippen molar-refractivity contribution in [2.45, 2.75) is 57.5 Å². The predicted molar refractivity (Wildman–Crippen MR) is 111 cm³/mol. The smallest absolute Gasteiger partial charge is 0.338 e. The second-order valence-electron chi connectivity index (χ2n) is 6.97. The molecule has 1 aliphatic carbocycles. The zero-order chi connectivity index (χ0) is 19.5. The summed E-state index contributed by atoms with van der Waals surface area (Å²) in [6.07, 6.45) is 8.65. The first-order valence-corrected chi connectivity index (χ1v) is 10.9. The minimum Gasteiger partial charge on any atom is -0.490 e. The van der Waals surface area contributed by atoms with Crippen molar-refractivity contribution in [3.05, 3.63) is 42.5 Å². The first-order chi connectivity index (χ1) is 13.1. The molecule has 4 nitrogen and oxygen atoms in total. The van der Waals surface area contributed by atoms with Crippen molar-refractivity contribution in [3.8, 4) is 5.75 Å². The van der Waals surface area contributed by atoms with Crippen LogP contribution in [-0.2, 0) is 9.53 Å². The Morgan fingerprint density at radius 1 is 1.07 bits per heavy atom. The molecule has 0 radical (unpaired) electrons. The van der Waals surface area contributed by atoms with E-state index in [1.165, 1.54) is 0 Å². The number of esters is 1. The lowest BCUT2D eigenvalue weighted by Crippen LogP contribution is -2.28. The number of carbonyl (C=O) groups is 2. The van der Waals surface area contributed by atoms with Crippen LogP contribution in [-0.4, -0.2) is 29.8 Å². The van der Waals surface area contributed by atoms with Crippen molar-refractivity contribution in [1.82, 2.24) is 0 Å². The SMILES string of the molecule is C=CCOc1ccc(C(=O)O[C@H]2CC[C@H](C(=O)CCCCCBr)CC2)cc1. The summed E-state index contributed by atoms with van der Waals surface area (Å²) in [5.41, 5.74) is 0.519. The average Bonchev–Trinajstić information content (AvgIpc) is 2.70. The lowest BCUT2D eigenvalue weighted by Gasteiger charge is -2.27. The largest absolute Gasteiger partial charge is 0.490 e. The quantitative estimate of drug-likeness (QED) is 0.199. The van der Waals surface area contributed by atoms with Gasteiger partial charge >= 0.3 is 5.97 Å². The van der Waals surface area contributed by atoms with Gasteiger partial charge in [0.05, 0.1) is 5.56 Å². The van der Waals surface area contributed by atoms with Gasteiger partial charge in [0.2, 0.25) is 0 Å². The van der Waals surface area contributed by atoms with Gasteiger partial charge in [0.1, 0.15) is 24.2 Å². The third-order valence-corrected chi connectivity index (χ3v) is 5.48. The maximum Gasteiger partial charge on any atom is 0.338 e. The van der Waals surface area contributed by atoms with E-state index in [9.17, 15) is 9.59 Å². The number of rotatable bonds is 11.